The highest BCUT2D eigenvalue weighted by Crippen LogP contribution is 2.35. The van der Waals surface area contributed by atoms with Crippen molar-refractivity contribution in [1.29, 1.82) is 0 Å². The monoisotopic (exact) mass is 1160 g/mol. The van der Waals surface area contributed by atoms with Gasteiger partial charge in [-0.15, -0.1) is 0 Å². The first-order valence-electron chi connectivity index (χ1n) is 31.3. The molecule has 19 nitrogen and oxygen atoms in total. The van der Waals surface area contributed by atoms with Crippen LogP contribution in [0, 0.1) is 0 Å². The van der Waals surface area contributed by atoms with Crippen LogP contribution >= 0.6 is 0 Å². The predicted octanol–water partition coefficient (Wildman–Crippen LogP) is 7.06. The second-order valence-electron chi connectivity index (χ2n) is 25.0. The number of likely N-dealkylation sites (tertiary alicyclic amines) is 1. The number of hydrogen-bond donors (Lipinski definition) is 4. The van der Waals surface area contributed by atoms with E-state index in [1.54, 1.807) is 18.2 Å². The summed E-state index contributed by atoms with van der Waals surface area (Å²) < 4.78 is 39.9. The Morgan fingerprint density at radius 3 is 1.63 bits per heavy atom. The van der Waals surface area contributed by atoms with Crippen LogP contribution in [-0.2, 0) is 45.0 Å². The van der Waals surface area contributed by atoms with Crippen molar-refractivity contribution in [3.8, 4) is 0 Å². The van der Waals surface area contributed by atoms with Gasteiger partial charge in [-0.3, -0.25) is 28.4 Å². The number of carbonyl (C=O) groups is 4. The van der Waals surface area contributed by atoms with Crippen LogP contribution in [0.4, 0.5) is 4.79 Å². The molecule has 0 saturated carbocycles. The molecule has 3 amide bonds. The minimum atomic E-state index is -3.35. The fourth-order valence-electron chi connectivity index (χ4n) is 13.1. The van der Waals surface area contributed by atoms with Crippen LogP contribution in [0.25, 0.3) is 0 Å². The van der Waals surface area contributed by atoms with Gasteiger partial charge in [0.05, 0.1) is 19.3 Å². The molecular weight excluding hydrogens is 1050 g/mol. The minimum absolute atomic E-state index is 0.0841. The van der Waals surface area contributed by atoms with E-state index in [1.807, 2.05) is 72.7 Å². The fraction of sp³-hybridized carbons (Fsp3) is 0.836. The molecule has 9 rings (SSSR count). The molecule has 8 aliphatic rings. The van der Waals surface area contributed by atoms with Gasteiger partial charge in [0.25, 0.3) is 0 Å². The number of nitrogens with zero attached hydrogens (tertiary/aromatic N) is 6. The molecule has 0 aliphatic carbocycles. The Balaban J connectivity index is 0.000000197. The molecule has 8 heterocycles. The summed E-state index contributed by atoms with van der Waals surface area (Å²) >= 11 is 0. The van der Waals surface area contributed by atoms with Crippen molar-refractivity contribution in [2.24, 2.45) is 0 Å². The zero-order valence-corrected chi connectivity index (χ0v) is 52.7. The van der Waals surface area contributed by atoms with E-state index in [0.717, 1.165) is 128 Å². The number of hydrogen-bond acceptors (Lipinski definition) is 15. The maximum absolute atomic E-state index is 12.9. The van der Waals surface area contributed by atoms with Gasteiger partial charge in [0.1, 0.15) is 18.2 Å². The number of fused-ring (bicyclic) bond motifs is 1. The number of aliphatic hydroxyl groups is 1. The normalized spacial score (nSPS) is 31.1. The SMILES string of the molecule is CCC1CC[C@@H](C(=O)OC(C)(C)C)N1.CCC1CC[C@@H](CN2CCN(C(C)=O)[C@H](C)C2)N1.CCC1CC[C@@H](CN2CCN(C(C)=O)[C@H](C)C2)N1C(=O)OCc1ccccc1.CCC1CC[C@@H](CO)N1.CCC1CC[C@H]2COS(=O)(=O)N12. The highest BCUT2D eigenvalue weighted by Gasteiger charge is 2.47. The van der Waals surface area contributed by atoms with Crippen molar-refractivity contribution in [3.05, 3.63) is 35.9 Å². The fourth-order valence-corrected chi connectivity index (χ4v) is 14.7. The van der Waals surface area contributed by atoms with Crippen molar-refractivity contribution in [2.75, 3.05) is 65.6 Å². The Morgan fingerprint density at radius 2 is 1.14 bits per heavy atom. The molecule has 0 aromatic heterocycles. The maximum Gasteiger partial charge on any atom is 0.410 e. The third-order valence-electron chi connectivity index (χ3n) is 17.7. The zero-order chi connectivity index (χ0) is 59.4. The molecule has 1 aromatic rings. The smallest absolute Gasteiger partial charge is 0.410 e. The molecule has 12 atom stereocenters. The maximum atomic E-state index is 12.9. The van der Waals surface area contributed by atoms with E-state index < -0.39 is 10.3 Å². The molecule has 4 N–H and O–H groups in total. The summed E-state index contributed by atoms with van der Waals surface area (Å²) in [7, 11) is -3.35. The van der Waals surface area contributed by atoms with Crippen LogP contribution in [0.3, 0.4) is 0 Å². The van der Waals surface area contributed by atoms with Gasteiger partial charge in [0, 0.05) is 127 Å². The summed E-state index contributed by atoms with van der Waals surface area (Å²) in [4.78, 5) is 58.5. The van der Waals surface area contributed by atoms with Crippen LogP contribution in [0.15, 0.2) is 30.3 Å². The summed E-state index contributed by atoms with van der Waals surface area (Å²) in [6.45, 7) is 32.4. The highest BCUT2D eigenvalue weighted by molar-refractivity contribution is 7.84. The lowest BCUT2D eigenvalue weighted by Gasteiger charge is -2.41. The minimum Gasteiger partial charge on any atom is -0.459 e. The second-order valence-corrected chi connectivity index (χ2v) is 26.5. The van der Waals surface area contributed by atoms with Crippen LogP contribution in [-0.4, -0.2) is 210 Å². The van der Waals surface area contributed by atoms with Crippen LogP contribution in [0.2, 0.25) is 0 Å². The number of benzene rings is 1. The third-order valence-corrected chi connectivity index (χ3v) is 19.2. The van der Waals surface area contributed by atoms with E-state index in [2.05, 4.69) is 67.3 Å². The van der Waals surface area contributed by atoms with Gasteiger partial charge < -0.3 is 45.2 Å². The second kappa shape index (κ2) is 33.3. The van der Waals surface area contributed by atoms with Crippen molar-refractivity contribution in [3.63, 3.8) is 0 Å². The first kappa shape index (κ1) is 68.3. The Morgan fingerprint density at radius 1 is 0.630 bits per heavy atom. The number of esters is 1. The van der Waals surface area contributed by atoms with Gasteiger partial charge in [-0.2, -0.15) is 12.7 Å². The Kier molecular flexibility index (Phi) is 28.1. The van der Waals surface area contributed by atoms with Gasteiger partial charge in [0.15, 0.2) is 0 Å². The van der Waals surface area contributed by atoms with E-state index in [-0.39, 0.29) is 65.7 Å². The Bertz CT molecular complexity index is 2160. The molecule has 5 unspecified atom stereocenters. The Hall–Kier alpha value is -3.47. The summed E-state index contributed by atoms with van der Waals surface area (Å²) in [5.74, 6) is 0.255. The van der Waals surface area contributed by atoms with Crippen molar-refractivity contribution in [1.82, 2.24) is 44.8 Å². The molecule has 0 radical (unpaired) electrons. The lowest BCUT2D eigenvalue weighted by Crippen LogP contribution is -2.56. The molecule has 20 heteroatoms. The number of aliphatic hydroxyl groups excluding tert-OH is 1. The Labute approximate surface area is 488 Å². The summed E-state index contributed by atoms with van der Waals surface area (Å²) in [5, 5.41) is 19.1. The van der Waals surface area contributed by atoms with Crippen LogP contribution < -0.4 is 16.0 Å². The number of piperazine rings is 2. The third kappa shape index (κ3) is 21.2. The van der Waals surface area contributed by atoms with Gasteiger partial charge in [-0.25, -0.2) is 4.79 Å². The number of nitrogens with one attached hydrogen (secondary N) is 3. The molecule has 8 aliphatic heterocycles. The molecule has 8 fully saturated rings. The van der Waals surface area contributed by atoms with Crippen molar-refractivity contribution >= 4 is 34.2 Å². The standard InChI is InChI=1S/C22H33N3O3.C14H27N3O.C11H21NO2.C7H13NO3S.C7H15NO/c1-4-20-10-11-21(15-23-12-13-24(18(3)26)17(2)14-23)25(20)22(27)28-16-19-8-6-5-7-9-19;1-4-13-5-6-14(15-13)10-16-7-8-17(12(3)18)11(2)9-16;1-5-8-6-7-9(12-8)10(13)14-11(2,3)4;1-2-6-3-4-7-5-11-12(9,10)8(6)7;1-2-6-3-4-7(5-9)8-6/h5-9,17,20-21H,4,10-16H2,1-3H3;11,13-15H,4-10H2,1-3H3;8-9,12H,5-7H2,1-4H3;6-7H,2-5H2,1H3;6-9H,2-5H2,1H3/t17-,20?,21+;11-,13?,14+;8?,9-;2*6?,7-/m11000/s1. The first-order valence-corrected chi connectivity index (χ1v) is 32.7. The topological polar surface area (TPSA) is 206 Å². The molecule has 464 valence electrons. The van der Waals surface area contributed by atoms with E-state index in [1.165, 1.54) is 32.1 Å². The quantitative estimate of drug-likeness (QED) is 0.146. The van der Waals surface area contributed by atoms with E-state index in [9.17, 15) is 27.6 Å². The van der Waals surface area contributed by atoms with Crippen molar-refractivity contribution in [2.45, 2.75) is 264 Å². The average Bonchev–Trinajstić information content (AvgIpc) is 4.52. The lowest BCUT2D eigenvalue weighted by atomic mass is 10.1. The lowest BCUT2D eigenvalue weighted by molar-refractivity contribution is -0.157. The molecule has 8 saturated heterocycles. The zero-order valence-electron chi connectivity index (χ0n) is 51.9. The number of ether oxygens (including phenoxy) is 2. The first-order chi connectivity index (χ1) is 38.5. The van der Waals surface area contributed by atoms with Crippen LogP contribution in [0.1, 0.15) is 185 Å². The number of amides is 3. The molecular formula is C61H109N9O10S. The van der Waals surface area contributed by atoms with Gasteiger partial charge >= 0.3 is 22.4 Å². The van der Waals surface area contributed by atoms with E-state index in [4.69, 9.17) is 18.8 Å². The number of rotatable bonds is 13. The number of carbonyl (C=O) groups excluding carboxylic acids is 4. The van der Waals surface area contributed by atoms with E-state index in [0.29, 0.717) is 50.0 Å². The van der Waals surface area contributed by atoms with Gasteiger partial charge in [-0.05, 0) is 136 Å². The molecule has 0 bridgehead atoms. The molecule has 0 spiro atoms. The van der Waals surface area contributed by atoms with Crippen LogP contribution in [0.5, 0.6) is 0 Å². The largest absolute Gasteiger partial charge is 0.459 e. The summed E-state index contributed by atoms with van der Waals surface area (Å²) in [6, 6.07) is 14.0. The van der Waals surface area contributed by atoms with E-state index >= 15 is 0 Å². The summed E-state index contributed by atoms with van der Waals surface area (Å²) in [5.41, 5.74) is 0.636. The average molecular weight is 1160 g/mol. The molecule has 1 aromatic carbocycles. The highest BCUT2D eigenvalue weighted by atomic mass is 32.2. The summed E-state index contributed by atoms with van der Waals surface area (Å²) in [6.07, 6.45) is 16.2. The predicted molar refractivity (Wildman–Crippen MR) is 320 cm³/mol. The molecule has 81 heavy (non-hydrogen) atoms. The van der Waals surface area contributed by atoms with Gasteiger partial charge in [-0.1, -0.05) is 65.0 Å². The van der Waals surface area contributed by atoms with Gasteiger partial charge in [0.2, 0.25) is 11.8 Å². The van der Waals surface area contributed by atoms with Crippen molar-refractivity contribution < 1.29 is 46.4 Å².